The van der Waals surface area contributed by atoms with Crippen LogP contribution in [0.4, 0.5) is 4.79 Å². The molecule has 1 heterocycles. The fourth-order valence-electron chi connectivity index (χ4n) is 2.43. The number of aliphatic hydroxyl groups is 1. The number of benzene rings is 1. The molecule has 0 spiro atoms. The Kier molecular flexibility index (Phi) is 4.53. The number of urea groups is 1. The van der Waals surface area contributed by atoms with E-state index in [-0.39, 0.29) is 6.03 Å². The van der Waals surface area contributed by atoms with E-state index in [1.54, 1.807) is 20.9 Å². The Morgan fingerprint density at radius 2 is 2.10 bits per heavy atom. The zero-order valence-electron chi connectivity index (χ0n) is 12.8. The van der Waals surface area contributed by atoms with E-state index in [9.17, 15) is 9.90 Å². The third kappa shape index (κ3) is 4.23. The minimum Gasteiger partial charge on any atom is -0.389 e. The van der Waals surface area contributed by atoms with Gasteiger partial charge >= 0.3 is 6.03 Å². The van der Waals surface area contributed by atoms with Crippen LogP contribution in [0.2, 0.25) is 0 Å². The molecular formula is C16H23N3O2. The van der Waals surface area contributed by atoms with Gasteiger partial charge in [-0.05, 0) is 31.9 Å². The monoisotopic (exact) mass is 289 g/mol. The Bertz CT molecular complexity index is 613. The maximum atomic E-state index is 11.9. The first kappa shape index (κ1) is 15.4. The van der Waals surface area contributed by atoms with Gasteiger partial charge in [0.1, 0.15) is 0 Å². The quantitative estimate of drug-likeness (QED) is 0.789. The summed E-state index contributed by atoms with van der Waals surface area (Å²) in [6.45, 7) is 4.23. The van der Waals surface area contributed by atoms with Gasteiger partial charge in [0.2, 0.25) is 0 Å². The number of amides is 2. The minimum absolute atomic E-state index is 0.169. The second-order valence-corrected chi connectivity index (χ2v) is 6.01. The highest BCUT2D eigenvalue weighted by molar-refractivity contribution is 5.83. The topological polar surface area (TPSA) is 68.4 Å². The molecule has 0 aliphatic carbocycles. The molecule has 0 unspecified atom stereocenters. The number of H-pyrrole nitrogens is 1. The fraction of sp³-hybridized carbons (Fsp3) is 0.438. The Hall–Kier alpha value is -2.01. The molecule has 0 aliphatic heterocycles. The van der Waals surface area contributed by atoms with Crippen molar-refractivity contribution in [3.8, 4) is 0 Å². The molecule has 0 radical (unpaired) electrons. The Labute approximate surface area is 125 Å². The molecule has 1 aromatic heterocycles. The van der Waals surface area contributed by atoms with Crippen molar-refractivity contribution >= 4 is 16.9 Å². The lowest BCUT2D eigenvalue weighted by Crippen LogP contribution is -2.45. The van der Waals surface area contributed by atoms with Crippen molar-refractivity contribution in [3.05, 3.63) is 36.0 Å². The molecule has 0 saturated heterocycles. The summed E-state index contributed by atoms with van der Waals surface area (Å²) in [4.78, 5) is 16.6. The molecule has 0 fully saturated rings. The standard InChI is InChI=1S/C16H23N3O2/c1-16(2,21)11-19(3)15(20)17-9-8-12-10-18-14-7-5-4-6-13(12)14/h4-7,10,18,21H,8-9,11H2,1-3H3,(H,17,20). The summed E-state index contributed by atoms with van der Waals surface area (Å²) in [5, 5.41) is 13.8. The van der Waals surface area contributed by atoms with Gasteiger partial charge in [-0.25, -0.2) is 4.79 Å². The van der Waals surface area contributed by atoms with E-state index >= 15 is 0 Å². The van der Waals surface area contributed by atoms with E-state index in [0.29, 0.717) is 13.1 Å². The van der Waals surface area contributed by atoms with Crippen LogP contribution in [0.3, 0.4) is 0 Å². The SMILES string of the molecule is CN(CC(C)(C)O)C(=O)NCCc1c[nH]c2ccccc12. The van der Waals surface area contributed by atoms with Crippen LogP contribution in [0.5, 0.6) is 0 Å². The average Bonchev–Trinajstić information content (AvgIpc) is 2.80. The Morgan fingerprint density at radius 3 is 2.81 bits per heavy atom. The molecule has 2 amide bonds. The van der Waals surface area contributed by atoms with Gasteiger partial charge in [0.25, 0.3) is 0 Å². The van der Waals surface area contributed by atoms with Crippen molar-refractivity contribution in [1.29, 1.82) is 0 Å². The molecule has 5 heteroatoms. The van der Waals surface area contributed by atoms with Crippen LogP contribution in [-0.2, 0) is 6.42 Å². The van der Waals surface area contributed by atoms with E-state index in [0.717, 1.165) is 11.9 Å². The summed E-state index contributed by atoms with van der Waals surface area (Å²) >= 11 is 0. The Balaban J connectivity index is 1.85. The van der Waals surface area contributed by atoms with Gasteiger partial charge in [0.15, 0.2) is 0 Å². The molecule has 0 atom stereocenters. The number of hydrogen-bond donors (Lipinski definition) is 3. The number of hydrogen-bond acceptors (Lipinski definition) is 2. The largest absolute Gasteiger partial charge is 0.389 e. The number of aromatic nitrogens is 1. The van der Waals surface area contributed by atoms with Crippen molar-refractivity contribution in [1.82, 2.24) is 15.2 Å². The van der Waals surface area contributed by atoms with Crippen LogP contribution >= 0.6 is 0 Å². The normalized spacial score (nSPS) is 11.6. The van der Waals surface area contributed by atoms with Crippen LogP contribution in [0.1, 0.15) is 19.4 Å². The van der Waals surface area contributed by atoms with E-state index in [1.165, 1.54) is 15.8 Å². The summed E-state index contributed by atoms with van der Waals surface area (Å²) in [5.74, 6) is 0. The fourth-order valence-corrected chi connectivity index (χ4v) is 2.43. The molecule has 114 valence electrons. The third-order valence-electron chi connectivity index (χ3n) is 3.32. The first-order chi connectivity index (χ1) is 9.87. The Morgan fingerprint density at radius 1 is 1.38 bits per heavy atom. The average molecular weight is 289 g/mol. The van der Waals surface area contributed by atoms with E-state index in [2.05, 4.69) is 16.4 Å². The van der Waals surface area contributed by atoms with E-state index in [4.69, 9.17) is 0 Å². The molecule has 5 nitrogen and oxygen atoms in total. The maximum absolute atomic E-state index is 11.9. The van der Waals surface area contributed by atoms with Crippen LogP contribution in [0.25, 0.3) is 10.9 Å². The summed E-state index contributed by atoms with van der Waals surface area (Å²) in [5.41, 5.74) is 1.41. The number of rotatable bonds is 5. The van der Waals surface area contributed by atoms with Crippen LogP contribution < -0.4 is 5.32 Å². The lowest BCUT2D eigenvalue weighted by Gasteiger charge is -2.25. The number of fused-ring (bicyclic) bond motifs is 1. The lowest BCUT2D eigenvalue weighted by atomic mass is 10.1. The first-order valence-corrected chi connectivity index (χ1v) is 7.13. The van der Waals surface area contributed by atoms with Gasteiger partial charge in [-0.2, -0.15) is 0 Å². The highest BCUT2D eigenvalue weighted by Crippen LogP contribution is 2.17. The highest BCUT2D eigenvalue weighted by Gasteiger charge is 2.18. The number of aromatic amines is 1. The molecular weight excluding hydrogens is 266 g/mol. The van der Waals surface area contributed by atoms with Gasteiger partial charge in [-0.3, -0.25) is 0 Å². The van der Waals surface area contributed by atoms with Crippen molar-refractivity contribution in [2.24, 2.45) is 0 Å². The second-order valence-electron chi connectivity index (χ2n) is 6.01. The summed E-state index contributed by atoms with van der Waals surface area (Å²) in [6.07, 6.45) is 2.75. The lowest BCUT2D eigenvalue weighted by molar-refractivity contribution is 0.0532. The van der Waals surface area contributed by atoms with Gasteiger partial charge in [-0.1, -0.05) is 18.2 Å². The number of carbonyl (C=O) groups is 1. The number of para-hydroxylation sites is 1. The van der Waals surface area contributed by atoms with Crippen molar-refractivity contribution in [3.63, 3.8) is 0 Å². The summed E-state index contributed by atoms with van der Waals surface area (Å²) in [7, 11) is 1.68. The minimum atomic E-state index is -0.886. The van der Waals surface area contributed by atoms with Gasteiger partial charge in [-0.15, -0.1) is 0 Å². The predicted octanol–water partition coefficient (Wildman–Crippen LogP) is 2.12. The number of carbonyl (C=O) groups excluding carboxylic acids is 1. The zero-order valence-corrected chi connectivity index (χ0v) is 12.8. The molecule has 0 bridgehead atoms. The first-order valence-electron chi connectivity index (χ1n) is 7.13. The zero-order chi connectivity index (χ0) is 15.5. The third-order valence-corrected chi connectivity index (χ3v) is 3.32. The van der Waals surface area contributed by atoms with Crippen molar-refractivity contribution in [2.45, 2.75) is 25.9 Å². The molecule has 21 heavy (non-hydrogen) atoms. The number of likely N-dealkylation sites (N-methyl/N-ethyl adjacent to an activating group) is 1. The van der Waals surface area contributed by atoms with Crippen molar-refractivity contribution < 1.29 is 9.90 Å². The highest BCUT2D eigenvalue weighted by atomic mass is 16.3. The van der Waals surface area contributed by atoms with Crippen LogP contribution in [-0.4, -0.2) is 46.8 Å². The van der Waals surface area contributed by atoms with Crippen LogP contribution in [0, 0.1) is 0 Å². The summed E-state index contributed by atoms with van der Waals surface area (Å²) < 4.78 is 0. The summed E-state index contributed by atoms with van der Waals surface area (Å²) in [6, 6.07) is 7.94. The van der Waals surface area contributed by atoms with Crippen molar-refractivity contribution in [2.75, 3.05) is 20.1 Å². The van der Waals surface area contributed by atoms with Gasteiger partial charge < -0.3 is 20.3 Å². The molecule has 2 aromatic rings. The van der Waals surface area contributed by atoms with Crippen LogP contribution in [0.15, 0.2) is 30.5 Å². The number of nitrogens with one attached hydrogen (secondary N) is 2. The van der Waals surface area contributed by atoms with Gasteiger partial charge in [0.05, 0.1) is 12.1 Å². The van der Waals surface area contributed by atoms with Gasteiger partial charge in [0, 0.05) is 30.7 Å². The molecule has 1 aromatic carbocycles. The van der Waals surface area contributed by atoms with E-state index < -0.39 is 5.60 Å². The smallest absolute Gasteiger partial charge is 0.317 e. The van der Waals surface area contributed by atoms with E-state index in [1.807, 2.05) is 24.4 Å². The second kappa shape index (κ2) is 6.18. The predicted molar refractivity (Wildman–Crippen MR) is 84.3 cm³/mol. The maximum Gasteiger partial charge on any atom is 0.317 e. The molecule has 0 saturated carbocycles. The molecule has 2 rings (SSSR count). The number of nitrogens with zero attached hydrogens (tertiary/aromatic N) is 1. The molecule has 0 aliphatic rings. The molecule has 3 N–H and O–H groups in total.